The number of rotatable bonds is 5. The number of amidine groups is 1. The van der Waals surface area contributed by atoms with Gasteiger partial charge in [-0.15, -0.1) is 0 Å². The number of hydrogen-bond acceptors (Lipinski definition) is 4. The first kappa shape index (κ1) is 15.7. The van der Waals surface area contributed by atoms with Gasteiger partial charge in [0.15, 0.2) is 5.84 Å². The molecular weight excluding hydrogens is 265 g/mol. The number of carbonyl (C=O) groups excluding carboxylic acids is 1. The van der Waals surface area contributed by atoms with Gasteiger partial charge in [-0.25, -0.2) is 4.39 Å². The van der Waals surface area contributed by atoms with E-state index in [0.717, 1.165) is 0 Å². The van der Waals surface area contributed by atoms with Gasteiger partial charge in [0, 0.05) is 6.07 Å². The summed E-state index contributed by atoms with van der Waals surface area (Å²) in [4.78, 5) is 12.2. The van der Waals surface area contributed by atoms with Crippen molar-refractivity contribution in [1.29, 1.82) is 0 Å². The molecule has 0 aliphatic carbocycles. The number of methoxy groups -OCH3 is 1. The van der Waals surface area contributed by atoms with Crippen LogP contribution in [0.5, 0.6) is 5.75 Å². The van der Waals surface area contributed by atoms with E-state index in [1.807, 2.05) is 0 Å². The molecule has 0 aliphatic rings. The zero-order chi connectivity index (χ0) is 15.3. The molecule has 0 aliphatic heterocycles. The van der Waals surface area contributed by atoms with E-state index >= 15 is 0 Å². The molecule has 1 rings (SSSR count). The summed E-state index contributed by atoms with van der Waals surface area (Å²) >= 11 is 0. The van der Waals surface area contributed by atoms with E-state index in [4.69, 9.17) is 15.7 Å². The fourth-order valence-electron chi connectivity index (χ4n) is 1.56. The number of amides is 1. The van der Waals surface area contributed by atoms with E-state index in [-0.39, 0.29) is 11.5 Å². The second kappa shape index (κ2) is 6.23. The molecule has 7 heteroatoms. The smallest absolute Gasteiger partial charge is 0.238 e. The average Bonchev–Trinajstić information content (AvgIpc) is 2.47. The minimum atomic E-state index is -1.23. The van der Waals surface area contributed by atoms with E-state index in [9.17, 15) is 9.18 Å². The third-order valence-corrected chi connectivity index (χ3v) is 3.30. The Balaban J connectivity index is 3.06. The van der Waals surface area contributed by atoms with Gasteiger partial charge < -0.3 is 21.0 Å². The Labute approximate surface area is 116 Å². The fourth-order valence-corrected chi connectivity index (χ4v) is 1.56. The molecule has 1 atom stereocenters. The topological polar surface area (TPSA) is 96.9 Å². The van der Waals surface area contributed by atoms with Crippen molar-refractivity contribution in [2.24, 2.45) is 16.3 Å². The molecule has 1 amide bonds. The lowest BCUT2D eigenvalue weighted by atomic mass is 9.85. The van der Waals surface area contributed by atoms with Crippen molar-refractivity contribution in [1.82, 2.24) is 0 Å². The van der Waals surface area contributed by atoms with E-state index in [1.54, 1.807) is 6.92 Å². The number of oxime groups is 1. The molecule has 0 fully saturated rings. The second-order valence-corrected chi connectivity index (χ2v) is 4.47. The van der Waals surface area contributed by atoms with Gasteiger partial charge >= 0.3 is 0 Å². The van der Waals surface area contributed by atoms with Crippen molar-refractivity contribution in [3.05, 3.63) is 24.0 Å². The molecule has 0 bridgehead atoms. The van der Waals surface area contributed by atoms with Gasteiger partial charge in [-0.1, -0.05) is 12.1 Å². The summed E-state index contributed by atoms with van der Waals surface area (Å²) in [5.74, 6) is -0.996. The van der Waals surface area contributed by atoms with Crippen LogP contribution >= 0.6 is 0 Å². The Hall–Kier alpha value is -2.31. The molecule has 4 N–H and O–H groups in total. The zero-order valence-corrected chi connectivity index (χ0v) is 11.6. The minimum absolute atomic E-state index is 0.0280. The normalized spacial score (nSPS) is 14.5. The summed E-state index contributed by atoms with van der Waals surface area (Å²) in [7, 11) is 1.44. The van der Waals surface area contributed by atoms with Crippen LogP contribution in [-0.4, -0.2) is 24.1 Å². The van der Waals surface area contributed by atoms with Crippen LogP contribution in [0.1, 0.15) is 20.3 Å². The van der Waals surface area contributed by atoms with Gasteiger partial charge in [-0.3, -0.25) is 4.79 Å². The van der Waals surface area contributed by atoms with Crippen LogP contribution in [0, 0.1) is 11.2 Å². The van der Waals surface area contributed by atoms with Gasteiger partial charge in [0.2, 0.25) is 5.91 Å². The third-order valence-electron chi connectivity index (χ3n) is 3.30. The largest absolute Gasteiger partial charge is 0.497 e. The van der Waals surface area contributed by atoms with Gasteiger partial charge in [-0.2, -0.15) is 0 Å². The molecule has 6 nitrogen and oxygen atoms in total. The van der Waals surface area contributed by atoms with Crippen molar-refractivity contribution >= 4 is 17.4 Å². The molecule has 0 saturated heterocycles. The lowest BCUT2D eigenvalue weighted by Gasteiger charge is -2.25. The predicted molar refractivity (Wildman–Crippen MR) is 73.4 cm³/mol. The molecule has 1 aromatic carbocycles. The maximum absolute atomic E-state index is 13.7. The summed E-state index contributed by atoms with van der Waals surface area (Å²) in [6, 6.07) is 3.98. The number of anilines is 1. The lowest BCUT2D eigenvalue weighted by molar-refractivity contribution is -0.121. The quantitative estimate of drug-likeness (QED) is 0.333. The fraction of sp³-hybridized carbons (Fsp3) is 0.385. The number of ether oxygens (including phenoxy) is 1. The first-order valence-corrected chi connectivity index (χ1v) is 6.02. The SMILES string of the molecule is CCC(C)(C(=O)Nc1cc(OC)ccc1F)/C(N)=N/O. The molecule has 0 radical (unpaired) electrons. The molecule has 1 unspecified atom stereocenters. The molecule has 0 heterocycles. The van der Waals surface area contributed by atoms with Crippen LogP contribution in [0.25, 0.3) is 0 Å². The van der Waals surface area contributed by atoms with E-state index < -0.39 is 17.1 Å². The van der Waals surface area contributed by atoms with Crippen LogP contribution < -0.4 is 15.8 Å². The predicted octanol–water partition coefficient (Wildman–Crippen LogP) is 1.94. The Morgan fingerprint density at radius 1 is 1.60 bits per heavy atom. The maximum atomic E-state index is 13.7. The Morgan fingerprint density at radius 3 is 2.75 bits per heavy atom. The summed E-state index contributed by atoms with van der Waals surface area (Å²) in [5, 5.41) is 14.0. The highest BCUT2D eigenvalue weighted by atomic mass is 19.1. The molecule has 0 aromatic heterocycles. The monoisotopic (exact) mass is 283 g/mol. The van der Waals surface area contributed by atoms with Gasteiger partial charge in [0.05, 0.1) is 12.8 Å². The van der Waals surface area contributed by atoms with Crippen LogP contribution in [0.4, 0.5) is 10.1 Å². The molecule has 20 heavy (non-hydrogen) atoms. The van der Waals surface area contributed by atoms with Crippen molar-refractivity contribution in [2.75, 3.05) is 12.4 Å². The van der Waals surface area contributed by atoms with Crippen molar-refractivity contribution in [3.63, 3.8) is 0 Å². The first-order valence-electron chi connectivity index (χ1n) is 6.02. The van der Waals surface area contributed by atoms with Crippen LogP contribution in [0.15, 0.2) is 23.4 Å². The Kier molecular flexibility index (Phi) is 4.90. The van der Waals surface area contributed by atoms with Gasteiger partial charge in [0.1, 0.15) is 17.0 Å². The van der Waals surface area contributed by atoms with Crippen molar-refractivity contribution in [3.8, 4) is 5.75 Å². The lowest BCUT2D eigenvalue weighted by Crippen LogP contribution is -2.44. The molecule has 0 spiro atoms. The van der Waals surface area contributed by atoms with Crippen molar-refractivity contribution < 1.29 is 19.1 Å². The number of hydrogen-bond donors (Lipinski definition) is 3. The number of nitrogens with one attached hydrogen (secondary N) is 1. The standard InChI is InChI=1S/C13H18FN3O3/c1-4-13(2,11(15)17-19)12(18)16-10-7-8(20-3)5-6-9(10)14/h5-7,19H,4H2,1-3H3,(H2,15,17)(H,16,18). The number of benzene rings is 1. The highest BCUT2D eigenvalue weighted by molar-refractivity contribution is 6.11. The van der Waals surface area contributed by atoms with Gasteiger partial charge in [-0.05, 0) is 25.5 Å². The average molecular weight is 283 g/mol. The highest BCUT2D eigenvalue weighted by Gasteiger charge is 2.36. The van der Waals surface area contributed by atoms with E-state index in [0.29, 0.717) is 12.2 Å². The van der Waals surface area contributed by atoms with Crippen LogP contribution in [0.2, 0.25) is 0 Å². The molecule has 1 aromatic rings. The minimum Gasteiger partial charge on any atom is -0.497 e. The molecule has 110 valence electrons. The van der Waals surface area contributed by atoms with Crippen LogP contribution in [0.3, 0.4) is 0 Å². The number of carbonyl (C=O) groups is 1. The molecular formula is C13H18FN3O3. The summed E-state index contributed by atoms with van der Waals surface area (Å²) in [6.45, 7) is 3.22. The van der Waals surface area contributed by atoms with E-state index in [2.05, 4.69) is 10.5 Å². The second-order valence-electron chi connectivity index (χ2n) is 4.47. The maximum Gasteiger partial charge on any atom is 0.238 e. The van der Waals surface area contributed by atoms with Gasteiger partial charge in [0.25, 0.3) is 0 Å². The van der Waals surface area contributed by atoms with Crippen LogP contribution in [-0.2, 0) is 4.79 Å². The number of nitrogens with two attached hydrogens (primary N) is 1. The summed E-state index contributed by atoms with van der Waals surface area (Å²) < 4.78 is 18.6. The van der Waals surface area contributed by atoms with Crippen molar-refractivity contribution in [2.45, 2.75) is 20.3 Å². The highest BCUT2D eigenvalue weighted by Crippen LogP contribution is 2.26. The zero-order valence-electron chi connectivity index (χ0n) is 11.6. The Morgan fingerprint density at radius 2 is 2.25 bits per heavy atom. The van der Waals surface area contributed by atoms with E-state index in [1.165, 1.54) is 32.2 Å². The third kappa shape index (κ3) is 2.98. The molecule has 0 saturated carbocycles. The summed E-state index contributed by atoms with van der Waals surface area (Å²) in [5.41, 5.74) is 4.27. The number of halogens is 1. The Bertz CT molecular complexity index is 534. The first-order chi connectivity index (χ1) is 9.38. The summed E-state index contributed by atoms with van der Waals surface area (Å²) in [6.07, 6.45) is 0.292. The number of nitrogens with zero attached hydrogens (tertiary/aromatic N) is 1.